The van der Waals surface area contributed by atoms with Gasteiger partial charge in [0, 0.05) is 61.9 Å². The molecule has 0 amide bonds. The first-order chi connectivity index (χ1) is 20.3. The van der Waals surface area contributed by atoms with Crippen LogP contribution in [-0.4, -0.2) is 9.13 Å². The summed E-state index contributed by atoms with van der Waals surface area (Å²) in [7, 11) is 0. The van der Waals surface area contributed by atoms with Crippen LogP contribution in [0.3, 0.4) is 0 Å². The molecule has 0 aliphatic rings. The van der Waals surface area contributed by atoms with Crippen LogP contribution in [0.2, 0.25) is 0 Å². The summed E-state index contributed by atoms with van der Waals surface area (Å²) in [4.78, 5) is 2.33. The summed E-state index contributed by atoms with van der Waals surface area (Å²) in [6.07, 6.45) is 0. The number of nitrogens with zero attached hydrogens (tertiary/aromatic N) is 3. The van der Waals surface area contributed by atoms with Crippen LogP contribution >= 0.6 is 0 Å². The Morgan fingerprint density at radius 1 is 0.439 bits per heavy atom. The number of hydrogen-bond donors (Lipinski definition) is 0. The molecule has 0 saturated carbocycles. The number of aromatic nitrogens is 2. The first kappa shape index (κ1) is 23.6. The molecule has 0 spiro atoms. The van der Waals surface area contributed by atoms with Crippen LogP contribution in [0.5, 0.6) is 0 Å². The Labute approximate surface area is 239 Å². The van der Waals surface area contributed by atoms with E-state index in [1.165, 1.54) is 49.3 Å². The van der Waals surface area contributed by atoms with Crippen molar-refractivity contribution >= 4 is 60.7 Å². The molecule has 3 nitrogen and oxygen atoms in total. The molecule has 0 radical (unpaired) electrons. The molecular weight excluding hydrogens is 498 g/mol. The molecule has 0 aliphatic carbocycles. The lowest BCUT2D eigenvalue weighted by atomic mass is 10.1. The summed E-state index contributed by atoms with van der Waals surface area (Å²) in [5.41, 5.74) is 9.58. The number of fused-ring (bicyclic) bond motifs is 6. The van der Waals surface area contributed by atoms with Crippen molar-refractivity contribution in [2.75, 3.05) is 4.90 Å². The number of hydrogen-bond acceptors (Lipinski definition) is 1. The van der Waals surface area contributed by atoms with Crippen LogP contribution in [0, 0.1) is 0 Å². The summed E-state index contributed by atoms with van der Waals surface area (Å²) in [6, 6.07) is 52.5. The van der Waals surface area contributed by atoms with Crippen molar-refractivity contribution in [2.45, 2.75) is 13.5 Å². The largest absolute Gasteiger partial charge is 0.341 e. The summed E-state index contributed by atoms with van der Waals surface area (Å²) in [6.45, 7) is 3.17. The van der Waals surface area contributed by atoms with E-state index in [-0.39, 0.29) is 0 Å². The highest BCUT2D eigenvalue weighted by atomic mass is 15.1. The molecule has 0 unspecified atom stereocenters. The van der Waals surface area contributed by atoms with Crippen molar-refractivity contribution in [1.82, 2.24) is 9.13 Å². The first-order valence-corrected chi connectivity index (χ1v) is 14.3. The molecule has 3 heteroatoms. The van der Waals surface area contributed by atoms with Gasteiger partial charge in [-0.1, -0.05) is 72.8 Å². The Bertz CT molecular complexity index is 2150. The van der Waals surface area contributed by atoms with Gasteiger partial charge in [0.15, 0.2) is 0 Å². The van der Waals surface area contributed by atoms with Gasteiger partial charge >= 0.3 is 0 Å². The molecule has 2 aromatic heterocycles. The van der Waals surface area contributed by atoms with Crippen molar-refractivity contribution in [3.8, 4) is 5.69 Å². The number of benzene rings is 6. The zero-order valence-electron chi connectivity index (χ0n) is 22.9. The number of aryl methyl sites for hydroxylation is 1. The van der Waals surface area contributed by atoms with Gasteiger partial charge in [-0.25, -0.2) is 0 Å². The predicted molar refractivity (Wildman–Crippen MR) is 174 cm³/mol. The van der Waals surface area contributed by atoms with E-state index in [0.717, 1.165) is 23.6 Å². The van der Waals surface area contributed by atoms with Crippen molar-refractivity contribution in [3.05, 3.63) is 146 Å². The third-order valence-corrected chi connectivity index (χ3v) is 8.27. The molecule has 2 heterocycles. The lowest BCUT2D eigenvalue weighted by molar-refractivity contribution is 0.827. The average Bonchev–Trinajstić information content (AvgIpc) is 3.54. The molecule has 0 saturated heterocycles. The van der Waals surface area contributed by atoms with E-state index in [1.54, 1.807) is 0 Å². The third kappa shape index (κ3) is 3.66. The van der Waals surface area contributed by atoms with Gasteiger partial charge in [0.1, 0.15) is 0 Å². The normalized spacial score (nSPS) is 11.6. The summed E-state index contributed by atoms with van der Waals surface area (Å²) < 4.78 is 4.83. The van der Waals surface area contributed by atoms with Crippen LogP contribution in [0.15, 0.2) is 146 Å². The second-order valence-corrected chi connectivity index (χ2v) is 10.5. The minimum absolute atomic E-state index is 0.945. The van der Waals surface area contributed by atoms with E-state index in [0.29, 0.717) is 0 Å². The van der Waals surface area contributed by atoms with E-state index in [4.69, 9.17) is 0 Å². The van der Waals surface area contributed by atoms with Crippen LogP contribution in [0.25, 0.3) is 49.3 Å². The van der Waals surface area contributed by atoms with Crippen molar-refractivity contribution < 1.29 is 0 Å². The Hall–Kier alpha value is -5.28. The summed E-state index contributed by atoms with van der Waals surface area (Å²) >= 11 is 0. The second kappa shape index (κ2) is 9.42. The van der Waals surface area contributed by atoms with Crippen LogP contribution in [0.1, 0.15) is 6.92 Å². The van der Waals surface area contributed by atoms with Crippen LogP contribution in [0.4, 0.5) is 17.1 Å². The fourth-order valence-electron chi connectivity index (χ4n) is 6.50. The van der Waals surface area contributed by atoms with E-state index in [2.05, 4.69) is 167 Å². The van der Waals surface area contributed by atoms with Gasteiger partial charge in [-0.05, 0) is 79.7 Å². The lowest BCUT2D eigenvalue weighted by Crippen LogP contribution is -2.09. The molecule has 0 atom stereocenters. The number of anilines is 3. The summed E-state index contributed by atoms with van der Waals surface area (Å²) in [5, 5.41) is 5.09. The van der Waals surface area contributed by atoms with Gasteiger partial charge in [0.25, 0.3) is 0 Å². The smallest absolute Gasteiger partial charge is 0.0542 e. The third-order valence-electron chi connectivity index (χ3n) is 8.27. The maximum Gasteiger partial charge on any atom is 0.0542 e. The highest BCUT2D eigenvalue weighted by Crippen LogP contribution is 2.40. The van der Waals surface area contributed by atoms with Gasteiger partial charge in [0.2, 0.25) is 0 Å². The topological polar surface area (TPSA) is 13.1 Å². The van der Waals surface area contributed by atoms with E-state index in [9.17, 15) is 0 Å². The fourth-order valence-corrected chi connectivity index (χ4v) is 6.50. The van der Waals surface area contributed by atoms with Gasteiger partial charge in [-0.3, -0.25) is 0 Å². The second-order valence-electron chi connectivity index (χ2n) is 10.5. The molecule has 0 bridgehead atoms. The zero-order chi connectivity index (χ0) is 27.3. The van der Waals surface area contributed by atoms with Crippen molar-refractivity contribution in [1.29, 1.82) is 0 Å². The predicted octanol–water partition coefficient (Wildman–Crippen LogP) is 10.4. The minimum Gasteiger partial charge on any atom is -0.341 e. The van der Waals surface area contributed by atoms with Gasteiger partial charge in [0.05, 0.1) is 11.0 Å². The molecule has 6 aromatic carbocycles. The molecule has 0 aliphatic heterocycles. The quantitative estimate of drug-likeness (QED) is 0.217. The first-order valence-electron chi connectivity index (χ1n) is 14.3. The fraction of sp³-hybridized carbons (Fsp3) is 0.0526. The van der Waals surface area contributed by atoms with E-state index in [1.807, 2.05) is 0 Å². The van der Waals surface area contributed by atoms with Gasteiger partial charge in [-0.2, -0.15) is 0 Å². The number of para-hydroxylation sites is 4. The van der Waals surface area contributed by atoms with Crippen LogP contribution < -0.4 is 4.90 Å². The van der Waals surface area contributed by atoms with E-state index >= 15 is 0 Å². The van der Waals surface area contributed by atoms with Crippen LogP contribution in [-0.2, 0) is 6.54 Å². The SMILES string of the molecule is CCn1c2ccccc2c2cc(-n3c4ccccc4c4cc(N(c5ccccc5)c5ccccc5)ccc43)ccc21. The Balaban J connectivity index is 1.37. The average molecular weight is 528 g/mol. The highest BCUT2D eigenvalue weighted by Gasteiger charge is 2.18. The Morgan fingerprint density at radius 3 is 1.63 bits per heavy atom. The monoisotopic (exact) mass is 527 g/mol. The maximum atomic E-state index is 2.42. The number of rotatable bonds is 5. The van der Waals surface area contributed by atoms with Crippen molar-refractivity contribution in [2.24, 2.45) is 0 Å². The molecule has 8 rings (SSSR count). The van der Waals surface area contributed by atoms with Crippen molar-refractivity contribution in [3.63, 3.8) is 0 Å². The van der Waals surface area contributed by atoms with Gasteiger partial charge in [-0.15, -0.1) is 0 Å². The lowest BCUT2D eigenvalue weighted by Gasteiger charge is -2.25. The standard InChI is InChI=1S/C38H29N3/c1-2-39-35-19-11-9-17-31(35)33-26-30(21-23-36(33)39)41-37-20-12-10-18-32(37)34-25-29(22-24-38(34)41)40(27-13-5-3-6-14-27)28-15-7-4-8-16-28/h3-26H,2H2,1H3. The molecule has 0 N–H and O–H groups in total. The molecule has 196 valence electrons. The highest BCUT2D eigenvalue weighted by molar-refractivity contribution is 6.12. The van der Waals surface area contributed by atoms with E-state index < -0.39 is 0 Å². The summed E-state index contributed by atoms with van der Waals surface area (Å²) in [5.74, 6) is 0. The Kier molecular flexibility index (Phi) is 5.42. The zero-order valence-corrected chi connectivity index (χ0v) is 22.9. The molecule has 8 aromatic rings. The molecule has 41 heavy (non-hydrogen) atoms. The Morgan fingerprint density at radius 2 is 0.951 bits per heavy atom. The molecule has 0 fully saturated rings. The van der Waals surface area contributed by atoms with Gasteiger partial charge < -0.3 is 14.0 Å². The maximum absolute atomic E-state index is 2.42. The molecular formula is C38H29N3. The minimum atomic E-state index is 0.945.